The number of nitrogens with zero attached hydrogens (tertiary/aromatic N) is 2. The van der Waals surface area contributed by atoms with Gasteiger partial charge in [0, 0.05) is 26.4 Å². The second-order valence-corrected chi connectivity index (χ2v) is 5.05. The van der Waals surface area contributed by atoms with Crippen LogP contribution >= 0.6 is 12.2 Å². The molecule has 0 aromatic carbocycles. The lowest BCUT2D eigenvalue weighted by molar-refractivity contribution is 0.0818. The number of aromatic nitrogens is 1. The molecule has 1 aromatic rings. The first kappa shape index (κ1) is 13.2. The maximum Gasteiger partial charge on any atom is 0.139 e. The number of methoxy groups -OCH3 is 1. The van der Waals surface area contributed by atoms with Crippen LogP contribution in [-0.4, -0.2) is 36.3 Å². The Morgan fingerprint density at radius 1 is 1.50 bits per heavy atom. The van der Waals surface area contributed by atoms with Crippen LogP contribution in [0.1, 0.15) is 24.0 Å². The number of rotatable bonds is 3. The Hall–Kier alpha value is -1.20. The average molecular weight is 265 g/mol. The quantitative estimate of drug-likeness (QED) is 0.842. The Bertz CT molecular complexity index is 442. The summed E-state index contributed by atoms with van der Waals surface area (Å²) in [5.41, 5.74) is 7.81. The number of piperidine rings is 1. The van der Waals surface area contributed by atoms with Gasteiger partial charge in [0.1, 0.15) is 10.8 Å². The molecule has 1 aliphatic rings. The highest BCUT2D eigenvalue weighted by Gasteiger charge is 2.22. The highest BCUT2D eigenvalue weighted by Crippen LogP contribution is 2.24. The van der Waals surface area contributed by atoms with Gasteiger partial charge in [-0.05, 0) is 31.4 Å². The molecule has 98 valence electrons. The molecule has 0 atom stereocenters. The summed E-state index contributed by atoms with van der Waals surface area (Å²) in [6.07, 6.45) is 4.21. The van der Waals surface area contributed by atoms with E-state index in [-0.39, 0.29) is 0 Å². The van der Waals surface area contributed by atoms with Crippen molar-refractivity contribution in [3.8, 4) is 0 Å². The highest BCUT2D eigenvalue weighted by atomic mass is 32.1. The van der Waals surface area contributed by atoms with Gasteiger partial charge in [0.2, 0.25) is 0 Å². The standard InChI is InChI=1S/C13H19N3OS/c1-9-3-6-15-13(11(9)12(14)18)16-7-4-10(17-2)5-8-16/h3,6,10H,4-5,7-8H2,1-2H3,(H2,14,18). The largest absolute Gasteiger partial charge is 0.389 e. The molecule has 2 rings (SSSR count). The molecule has 1 saturated heterocycles. The van der Waals surface area contributed by atoms with Crippen molar-refractivity contribution in [1.82, 2.24) is 4.98 Å². The van der Waals surface area contributed by atoms with Gasteiger partial charge in [-0.15, -0.1) is 0 Å². The molecule has 0 unspecified atom stereocenters. The van der Waals surface area contributed by atoms with Crippen LogP contribution in [0.5, 0.6) is 0 Å². The summed E-state index contributed by atoms with van der Waals surface area (Å²) in [5, 5.41) is 0. The minimum atomic E-state index is 0.360. The van der Waals surface area contributed by atoms with Crippen LogP contribution in [0.25, 0.3) is 0 Å². The monoisotopic (exact) mass is 265 g/mol. The maximum atomic E-state index is 5.82. The van der Waals surface area contributed by atoms with E-state index in [4.69, 9.17) is 22.7 Å². The first-order valence-electron chi connectivity index (χ1n) is 6.16. The van der Waals surface area contributed by atoms with Crippen molar-refractivity contribution in [2.45, 2.75) is 25.9 Å². The van der Waals surface area contributed by atoms with Crippen LogP contribution < -0.4 is 10.6 Å². The van der Waals surface area contributed by atoms with Gasteiger partial charge in [-0.1, -0.05) is 12.2 Å². The van der Waals surface area contributed by atoms with E-state index < -0.39 is 0 Å². The molecular formula is C13H19N3OS. The summed E-state index contributed by atoms with van der Waals surface area (Å²) >= 11 is 5.14. The average Bonchev–Trinajstić information content (AvgIpc) is 2.38. The molecule has 0 saturated carbocycles. The third-order valence-electron chi connectivity index (χ3n) is 3.46. The molecule has 0 bridgehead atoms. The first-order chi connectivity index (χ1) is 8.63. The molecule has 18 heavy (non-hydrogen) atoms. The van der Waals surface area contributed by atoms with E-state index in [0.717, 1.165) is 42.9 Å². The number of nitrogens with two attached hydrogens (primary N) is 1. The fourth-order valence-electron chi connectivity index (χ4n) is 2.39. The Morgan fingerprint density at radius 3 is 2.72 bits per heavy atom. The van der Waals surface area contributed by atoms with Crippen LogP contribution in [-0.2, 0) is 4.74 Å². The fraction of sp³-hybridized carbons (Fsp3) is 0.538. The van der Waals surface area contributed by atoms with E-state index in [0.29, 0.717) is 11.1 Å². The molecule has 0 spiro atoms. The van der Waals surface area contributed by atoms with Crippen molar-refractivity contribution in [3.05, 3.63) is 23.4 Å². The van der Waals surface area contributed by atoms with Gasteiger partial charge in [0.25, 0.3) is 0 Å². The topological polar surface area (TPSA) is 51.4 Å². The highest BCUT2D eigenvalue weighted by molar-refractivity contribution is 7.80. The third-order valence-corrected chi connectivity index (χ3v) is 3.66. The van der Waals surface area contributed by atoms with E-state index >= 15 is 0 Å². The first-order valence-corrected chi connectivity index (χ1v) is 6.57. The van der Waals surface area contributed by atoms with Crippen LogP contribution in [0.2, 0.25) is 0 Å². The molecule has 4 nitrogen and oxygen atoms in total. The van der Waals surface area contributed by atoms with E-state index in [1.807, 2.05) is 19.2 Å². The fourth-order valence-corrected chi connectivity index (χ4v) is 2.64. The van der Waals surface area contributed by atoms with Gasteiger partial charge in [0.05, 0.1) is 11.7 Å². The minimum Gasteiger partial charge on any atom is -0.389 e. The number of hydrogen-bond acceptors (Lipinski definition) is 4. The zero-order valence-electron chi connectivity index (χ0n) is 10.8. The van der Waals surface area contributed by atoms with Gasteiger partial charge in [0.15, 0.2) is 0 Å². The number of anilines is 1. The lowest BCUT2D eigenvalue weighted by atomic mass is 10.1. The smallest absolute Gasteiger partial charge is 0.139 e. The molecule has 2 N–H and O–H groups in total. The summed E-state index contributed by atoms with van der Waals surface area (Å²) in [4.78, 5) is 7.12. The Labute approximate surface area is 113 Å². The van der Waals surface area contributed by atoms with Crippen LogP contribution in [0.15, 0.2) is 12.3 Å². The van der Waals surface area contributed by atoms with Crippen LogP contribution in [0.3, 0.4) is 0 Å². The zero-order chi connectivity index (χ0) is 13.1. The second kappa shape index (κ2) is 5.63. The lowest BCUT2D eigenvalue weighted by Gasteiger charge is -2.33. The molecule has 0 amide bonds. The predicted molar refractivity (Wildman–Crippen MR) is 77.1 cm³/mol. The van der Waals surface area contributed by atoms with Gasteiger partial charge in [-0.2, -0.15) is 0 Å². The molecule has 5 heteroatoms. The molecule has 0 aliphatic carbocycles. The van der Waals surface area contributed by atoms with Crippen LogP contribution in [0.4, 0.5) is 5.82 Å². The predicted octanol–water partition coefficient (Wildman–Crippen LogP) is 1.64. The molecule has 1 aliphatic heterocycles. The number of pyridine rings is 1. The molecule has 1 fully saturated rings. The Kier molecular flexibility index (Phi) is 4.14. The third kappa shape index (κ3) is 2.62. The Balaban J connectivity index is 2.24. The van der Waals surface area contributed by atoms with E-state index in [1.165, 1.54) is 0 Å². The van der Waals surface area contributed by atoms with E-state index in [1.54, 1.807) is 7.11 Å². The summed E-state index contributed by atoms with van der Waals surface area (Å²) < 4.78 is 5.38. The molecule has 2 heterocycles. The normalized spacial score (nSPS) is 16.9. The van der Waals surface area contributed by atoms with Gasteiger partial charge in [-0.25, -0.2) is 4.98 Å². The molecular weight excluding hydrogens is 246 g/mol. The number of hydrogen-bond donors (Lipinski definition) is 1. The number of thiocarbonyl (C=S) groups is 1. The number of aryl methyl sites for hydroxylation is 1. The maximum absolute atomic E-state index is 5.82. The van der Waals surface area contributed by atoms with Crippen molar-refractivity contribution in [2.75, 3.05) is 25.1 Å². The van der Waals surface area contributed by atoms with Gasteiger partial charge >= 0.3 is 0 Å². The molecule has 1 aromatic heterocycles. The number of ether oxygens (including phenoxy) is 1. The SMILES string of the molecule is COC1CCN(c2nccc(C)c2C(N)=S)CC1. The van der Waals surface area contributed by atoms with Crippen molar-refractivity contribution in [2.24, 2.45) is 5.73 Å². The second-order valence-electron chi connectivity index (χ2n) is 4.61. The summed E-state index contributed by atoms with van der Waals surface area (Å²) in [7, 11) is 1.77. The van der Waals surface area contributed by atoms with Crippen molar-refractivity contribution >= 4 is 23.0 Å². The molecule has 0 radical (unpaired) electrons. The van der Waals surface area contributed by atoms with E-state index in [9.17, 15) is 0 Å². The lowest BCUT2D eigenvalue weighted by Crippen LogP contribution is -2.38. The summed E-state index contributed by atoms with van der Waals surface area (Å²) in [5.74, 6) is 0.914. The Morgan fingerprint density at radius 2 is 2.17 bits per heavy atom. The van der Waals surface area contributed by atoms with Crippen molar-refractivity contribution < 1.29 is 4.74 Å². The van der Waals surface area contributed by atoms with Gasteiger partial charge in [-0.3, -0.25) is 0 Å². The minimum absolute atomic E-state index is 0.360. The summed E-state index contributed by atoms with van der Waals surface area (Å²) in [6.45, 7) is 3.89. The van der Waals surface area contributed by atoms with E-state index in [2.05, 4.69) is 9.88 Å². The van der Waals surface area contributed by atoms with Crippen molar-refractivity contribution in [1.29, 1.82) is 0 Å². The van der Waals surface area contributed by atoms with Gasteiger partial charge < -0.3 is 15.4 Å². The van der Waals surface area contributed by atoms with Crippen molar-refractivity contribution in [3.63, 3.8) is 0 Å². The zero-order valence-corrected chi connectivity index (χ0v) is 11.7. The summed E-state index contributed by atoms with van der Waals surface area (Å²) in [6, 6.07) is 1.94. The van der Waals surface area contributed by atoms with Crippen LogP contribution in [0, 0.1) is 6.92 Å².